The first-order valence-corrected chi connectivity index (χ1v) is 7.21. The molecular weight excluding hydrogens is 246 g/mol. The maximum Gasteiger partial charge on any atom is 0.0573 e. The second-order valence-electron chi connectivity index (χ2n) is 5.64. The van der Waals surface area contributed by atoms with Crippen molar-refractivity contribution in [3.8, 4) is 0 Å². The molecule has 0 aliphatic heterocycles. The van der Waals surface area contributed by atoms with E-state index in [4.69, 9.17) is 5.73 Å². The molecule has 1 fully saturated rings. The number of benzene rings is 1. The van der Waals surface area contributed by atoms with Gasteiger partial charge in [0.05, 0.1) is 5.69 Å². The fourth-order valence-corrected chi connectivity index (χ4v) is 2.49. The number of hydrogen-bond donors (Lipinski definition) is 1. The van der Waals surface area contributed by atoms with E-state index in [1.54, 1.807) is 0 Å². The van der Waals surface area contributed by atoms with E-state index >= 15 is 0 Å². The standard InChI is InChI=1S/C17H21N3/c1-13-3-2-10-19-17(13)12-20(16-8-9-16)11-14-4-6-15(18)7-5-14/h2-7,10,16H,8-9,11-12,18H2,1H3. The Balaban J connectivity index is 1.73. The van der Waals surface area contributed by atoms with Crippen LogP contribution < -0.4 is 5.73 Å². The zero-order valence-electron chi connectivity index (χ0n) is 11.9. The van der Waals surface area contributed by atoms with Crippen molar-refractivity contribution < 1.29 is 0 Å². The first-order valence-electron chi connectivity index (χ1n) is 7.21. The average Bonchev–Trinajstić information content (AvgIpc) is 3.27. The molecule has 1 aromatic carbocycles. The summed E-state index contributed by atoms with van der Waals surface area (Å²) in [6.45, 7) is 4.04. The number of hydrogen-bond acceptors (Lipinski definition) is 3. The van der Waals surface area contributed by atoms with Crippen LogP contribution in [0.15, 0.2) is 42.6 Å². The minimum Gasteiger partial charge on any atom is -0.399 e. The molecule has 3 heteroatoms. The highest BCUT2D eigenvalue weighted by molar-refractivity contribution is 5.39. The fraction of sp³-hybridized carbons (Fsp3) is 0.353. The van der Waals surface area contributed by atoms with Crippen molar-refractivity contribution in [3.63, 3.8) is 0 Å². The van der Waals surface area contributed by atoms with Crippen LogP contribution in [-0.2, 0) is 13.1 Å². The predicted molar refractivity (Wildman–Crippen MR) is 82.1 cm³/mol. The summed E-state index contributed by atoms with van der Waals surface area (Å²) < 4.78 is 0. The van der Waals surface area contributed by atoms with Crippen molar-refractivity contribution in [2.75, 3.05) is 5.73 Å². The molecule has 104 valence electrons. The molecule has 1 aliphatic rings. The summed E-state index contributed by atoms with van der Waals surface area (Å²) in [6.07, 6.45) is 4.50. The molecule has 0 amide bonds. The van der Waals surface area contributed by atoms with Crippen molar-refractivity contribution in [3.05, 3.63) is 59.4 Å². The number of pyridine rings is 1. The minimum atomic E-state index is 0.717. The highest BCUT2D eigenvalue weighted by atomic mass is 15.2. The van der Waals surface area contributed by atoms with Crippen LogP contribution in [0.25, 0.3) is 0 Å². The molecule has 1 saturated carbocycles. The van der Waals surface area contributed by atoms with Crippen LogP contribution in [0.1, 0.15) is 29.7 Å². The molecule has 3 rings (SSSR count). The number of anilines is 1. The van der Waals surface area contributed by atoms with E-state index in [2.05, 4.69) is 35.0 Å². The summed E-state index contributed by atoms with van der Waals surface area (Å²) in [4.78, 5) is 7.05. The van der Waals surface area contributed by atoms with Gasteiger partial charge in [-0.1, -0.05) is 18.2 Å². The lowest BCUT2D eigenvalue weighted by Gasteiger charge is -2.22. The first kappa shape index (κ1) is 13.1. The van der Waals surface area contributed by atoms with Crippen molar-refractivity contribution in [1.29, 1.82) is 0 Å². The number of nitrogens with zero attached hydrogens (tertiary/aromatic N) is 2. The Labute approximate surface area is 120 Å². The van der Waals surface area contributed by atoms with Gasteiger partial charge < -0.3 is 5.73 Å². The number of rotatable bonds is 5. The Hall–Kier alpha value is -1.87. The quantitative estimate of drug-likeness (QED) is 0.846. The van der Waals surface area contributed by atoms with Crippen LogP contribution in [0.5, 0.6) is 0 Å². The minimum absolute atomic E-state index is 0.717. The average molecular weight is 267 g/mol. The molecule has 1 heterocycles. The maximum atomic E-state index is 5.75. The summed E-state index contributed by atoms with van der Waals surface area (Å²) in [7, 11) is 0. The molecule has 0 saturated heterocycles. The van der Waals surface area contributed by atoms with Gasteiger partial charge in [0.25, 0.3) is 0 Å². The van der Waals surface area contributed by atoms with Crippen LogP contribution in [0.4, 0.5) is 5.69 Å². The zero-order chi connectivity index (χ0) is 13.9. The van der Waals surface area contributed by atoms with Crippen molar-refractivity contribution >= 4 is 5.69 Å². The number of aryl methyl sites for hydroxylation is 1. The summed E-state index contributed by atoms with van der Waals surface area (Å²) in [5, 5.41) is 0. The van der Waals surface area contributed by atoms with Gasteiger partial charge in [-0.25, -0.2) is 0 Å². The molecule has 20 heavy (non-hydrogen) atoms. The van der Waals surface area contributed by atoms with E-state index in [0.717, 1.165) is 18.8 Å². The van der Waals surface area contributed by atoms with Crippen LogP contribution in [0.2, 0.25) is 0 Å². The van der Waals surface area contributed by atoms with Gasteiger partial charge in [-0.3, -0.25) is 9.88 Å². The van der Waals surface area contributed by atoms with E-state index < -0.39 is 0 Å². The molecule has 3 nitrogen and oxygen atoms in total. The van der Waals surface area contributed by atoms with Gasteiger partial charge in [0.2, 0.25) is 0 Å². The van der Waals surface area contributed by atoms with E-state index in [1.165, 1.54) is 29.7 Å². The molecule has 0 radical (unpaired) electrons. The lowest BCUT2D eigenvalue weighted by molar-refractivity contribution is 0.242. The second kappa shape index (κ2) is 5.63. The van der Waals surface area contributed by atoms with E-state index in [9.17, 15) is 0 Å². The molecule has 1 aromatic heterocycles. The molecule has 1 aliphatic carbocycles. The van der Waals surface area contributed by atoms with Gasteiger partial charge in [0, 0.05) is 31.0 Å². The molecule has 0 bridgehead atoms. The normalized spacial score (nSPS) is 14.7. The summed E-state index contributed by atoms with van der Waals surface area (Å²) in [5.41, 5.74) is 10.4. The van der Waals surface area contributed by atoms with Crippen LogP contribution in [-0.4, -0.2) is 15.9 Å². The Morgan fingerprint density at radius 2 is 1.90 bits per heavy atom. The van der Waals surface area contributed by atoms with Gasteiger partial charge >= 0.3 is 0 Å². The summed E-state index contributed by atoms with van der Waals surface area (Å²) >= 11 is 0. The molecule has 0 spiro atoms. The van der Waals surface area contributed by atoms with E-state index in [0.29, 0.717) is 6.04 Å². The topological polar surface area (TPSA) is 42.2 Å². The number of aromatic nitrogens is 1. The third-order valence-corrected chi connectivity index (χ3v) is 3.90. The highest BCUT2D eigenvalue weighted by Crippen LogP contribution is 2.30. The molecule has 0 unspecified atom stereocenters. The summed E-state index contributed by atoms with van der Waals surface area (Å²) in [5.74, 6) is 0. The lowest BCUT2D eigenvalue weighted by atomic mass is 10.1. The first-order chi connectivity index (χ1) is 9.72. The Morgan fingerprint density at radius 1 is 1.15 bits per heavy atom. The van der Waals surface area contributed by atoms with Crippen molar-refractivity contribution in [2.45, 2.75) is 38.9 Å². The number of nitrogen functional groups attached to an aromatic ring is 1. The van der Waals surface area contributed by atoms with Gasteiger partial charge in [-0.2, -0.15) is 0 Å². The maximum absolute atomic E-state index is 5.75. The Bertz CT molecular complexity index is 573. The van der Waals surface area contributed by atoms with Gasteiger partial charge in [-0.05, 0) is 49.1 Å². The third-order valence-electron chi connectivity index (χ3n) is 3.90. The Morgan fingerprint density at radius 3 is 2.55 bits per heavy atom. The lowest BCUT2D eigenvalue weighted by Crippen LogP contribution is -2.26. The second-order valence-corrected chi connectivity index (χ2v) is 5.64. The third kappa shape index (κ3) is 3.17. The SMILES string of the molecule is Cc1cccnc1CN(Cc1ccc(N)cc1)C1CC1. The largest absolute Gasteiger partial charge is 0.399 e. The van der Waals surface area contributed by atoms with E-state index in [-0.39, 0.29) is 0 Å². The van der Waals surface area contributed by atoms with Crippen LogP contribution in [0.3, 0.4) is 0 Å². The van der Waals surface area contributed by atoms with Crippen LogP contribution >= 0.6 is 0 Å². The van der Waals surface area contributed by atoms with Gasteiger partial charge in [-0.15, -0.1) is 0 Å². The molecule has 2 N–H and O–H groups in total. The Kier molecular flexibility index (Phi) is 3.70. The highest BCUT2D eigenvalue weighted by Gasteiger charge is 2.29. The molecular formula is C17H21N3. The molecule has 0 atom stereocenters. The zero-order valence-corrected chi connectivity index (χ0v) is 11.9. The van der Waals surface area contributed by atoms with Gasteiger partial charge in [0.15, 0.2) is 0 Å². The van der Waals surface area contributed by atoms with Crippen molar-refractivity contribution in [2.24, 2.45) is 0 Å². The van der Waals surface area contributed by atoms with Crippen molar-refractivity contribution in [1.82, 2.24) is 9.88 Å². The van der Waals surface area contributed by atoms with Gasteiger partial charge in [0.1, 0.15) is 0 Å². The predicted octanol–water partition coefficient (Wildman–Crippen LogP) is 3.14. The smallest absolute Gasteiger partial charge is 0.0573 e. The summed E-state index contributed by atoms with van der Waals surface area (Å²) in [6, 6.07) is 13.1. The van der Waals surface area contributed by atoms with E-state index in [1.807, 2.05) is 24.4 Å². The number of nitrogens with two attached hydrogens (primary N) is 1. The fourth-order valence-electron chi connectivity index (χ4n) is 2.49. The molecule has 2 aromatic rings. The van der Waals surface area contributed by atoms with Crippen LogP contribution in [0, 0.1) is 6.92 Å². The monoisotopic (exact) mass is 267 g/mol.